The zero-order valence-electron chi connectivity index (χ0n) is 12.4. The summed E-state index contributed by atoms with van der Waals surface area (Å²) >= 11 is 0. The van der Waals surface area contributed by atoms with Gasteiger partial charge in [-0.3, -0.25) is 9.59 Å². The van der Waals surface area contributed by atoms with Crippen LogP contribution >= 0.6 is 0 Å². The normalized spacial score (nSPS) is 18.9. The highest BCUT2D eigenvalue weighted by Crippen LogP contribution is 2.07. The van der Waals surface area contributed by atoms with Crippen LogP contribution < -0.4 is 10.6 Å². The molecule has 21 heavy (non-hydrogen) atoms. The maximum Gasteiger partial charge on any atom is 0.242 e. The van der Waals surface area contributed by atoms with E-state index in [2.05, 4.69) is 20.8 Å². The standard InChI is InChI=1S/C14H22N4O3/c1-2-5-11-17-13(21-18-11)8-7-12(19)16-10-6-3-4-9-15-14(10)20/h10H,2-9H2,1H3,(H,15,20)(H,16,19)/t10-/m1/s1. The Balaban J connectivity index is 1.76. The van der Waals surface area contributed by atoms with Gasteiger partial charge < -0.3 is 15.2 Å². The van der Waals surface area contributed by atoms with Crippen LogP contribution in [-0.4, -0.2) is 34.5 Å². The van der Waals surface area contributed by atoms with Gasteiger partial charge in [0.05, 0.1) is 0 Å². The second-order valence-electron chi connectivity index (χ2n) is 5.26. The summed E-state index contributed by atoms with van der Waals surface area (Å²) in [5.41, 5.74) is 0. The lowest BCUT2D eigenvalue weighted by molar-refractivity contribution is -0.128. The minimum Gasteiger partial charge on any atom is -0.354 e. The number of carbonyl (C=O) groups is 2. The molecule has 0 aromatic carbocycles. The van der Waals surface area contributed by atoms with Crippen molar-refractivity contribution in [3.8, 4) is 0 Å². The maximum atomic E-state index is 11.9. The van der Waals surface area contributed by atoms with Gasteiger partial charge in [-0.15, -0.1) is 0 Å². The van der Waals surface area contributed by atoms with Gasteiger partial charge in [-0.1, -0.05) is 12.1 Å². The Hall–Kier alpha value is -1.92. The molecule has 0 saturated carbocycles. The van der Waals surface area contributed by atoms with Crippen LogP contribution in [0.4, 0.5) is 0 Å². The number of amides is 2. The number of nitrogens with one attached hydrogen (secondary N) is 2. The van der Waals surface area contributed by atoms with E-state index in [0.717, 1.165) is 25.7 Å². The first-order chi connectivity index (χ1) is 10.2. The molecular weight excluding hydrogens is 272 g/mol. The van der Waals surface area contributed by atoms with Crippen molar-refractivity contribution in [3.05, 3.63) is 11.7 Å². The van der Waals surface area contributed by atoms with E-state index < -0.39 is 6.04 Å². The number of carbonyl (C=O) groups excluding carboxylic acids is 2. The van der Waals surface area contributed by atoms with Crippen molar-refractivity contribution in [3.63, 3.8) is 0 Å². The summed E-state index contributed by atoms with van der Waals surface area (Å²) in [5.74, 6) is 0.895. The predicted octanol–water partition coefficient (Wildman–Crippen LogP) is 0.740. The van der Waals surface area contributed by atoms with Crippen molar-refractivity contribution in [2.24, 2.45) is 0 Å². The molecule has 2 heterocycles. The Morgan fingerprint density at radius 1 is 1.43 bits per heavy atom. The molecule has 0 unspecified atom stereocenters. The van der Waals surface area contributed by atoms with Gasteiger partial charge in [0.1, 0.15) is 6.04 Å². The van der Waals surface area contributed by atoms with Crippen LogP contribution in [-0.2, 0) is 22.4 Å². The molecule has 1 fully saturated rings. The molecule has 7 nitrogen and oxygen atoms in total. The molecule has 1 aliphatic rings. The van der Waals surface area contributed by atoms with Crippen molar-refractivity contribution in [2.45, 2.75) is 57.9 Å². The summed E-state index contributed by atoms with van der Waals surface area (Å²) in [7, 11) is 0. The van der Waals surface area contributed by atoms with Crippen molar-refractivity contribution in [1.29, 1.82) is 0 Å². The van der Waals surface area contributed by atoms with Crippen LogP contribution in [0.3, 0.4) is 0 Å². The minimum atomic E-state index is -0.418. The number of nitrogens with zero attached hydrogens (tertiary/aromatic N) is 2. The van der Waals surface area contributed by atoms with Crippen LogP contribution in [0, 0.1) is 0 Å². The summed E-state index contributed by atoms with van der Waals surface area (Å²) in [4.78, 5) is 27.8. The van der Waals surface area contributed by atoms with Gasteiger partial charge in [-0.25, -0.2) is 0 Å². The second-order valence-corrected chi connectivity index (χ2v) is 5.26. The van der Waals surface area contributed by atoms with Crippen molar-refractivity contribution in [2.75, 3.05) is 6.54 Å². The summed E-state index contributed by atoms with van der Waals surface area (Å²) in [6.45, 7) is 2.73. The second kappa shape index (κ2) is 7.75. The monoisotopic (exact) mass is 294 g/mol. The molecule has 2 amide bonds. The first kappa shape index (κ1) is 15.5. The number of aryl methyl sites for hydroxylation is 2. The van der Waals surface area contributed by atoms with Crippen LogP contribution in [0.2, 0.25) is 0 Å². The van der Waals surface area contributed by atoms with Gasteiger partial charge >= 0.3 is 0 Å². The smallest absolute Gasteiger partial charge is 0.242 e. The van der Waals surface area contributed by atoms with Crippen molar-refractivity contribution in [1.82, 2.24) is 20.8 Å². The first-order valence-corrected chi connectivity index (χ1v) is 7.57. The molecule has 116 valence electrons. The molecule has 0 bridgehead atoms. The Morgan fingerprint density at radius 3 is 3.10 bits per heavy atom. The highest BCUT2D eigenvalue weighted by molar-refractivity contribution is 5.87. The largest absolute Gasteiger partial charge is 0.354 e. The lowest BCUT2D eigenvalue weighted by Crippen LogP contribution is -2.45. The van der Waals surface area contributed by atoms with Crippen LogP contribution in [0.25, 0.3) is 0 Å². The van der Waals surface area contributed by atoms with Crippen molar-refractivity contribution < 1.29 is 14.1 Å². The average Bonchev–Trinajstić information content (AvgIpc) is 2.82. The van der Waals surface area contributed by atoms with E-state index >= 15 is 0 Å². The van der Waals surface area contributed by atoms with E-state index in [1.807, 2.05) is 6.92 Å². The molecule has 2 rings (SSSR count). The third-order valence-electron chi connectivity index (χ3n) is 3.42. The molecule has 0 spiro atoms. The van der Waals surface area contributed by atoms with E-state index in [4.69, 9.17) is 4.52 Å². The van der Waals surface area contributed by atoms with Gasteiger partial charge in [0.25, 0.3) is 0 Å². The summed E-state index contributed by atoms with van der Waals surface area (Å²) in [6.07, 6.45) is 4.97. The summed E-state index contributed by atoms with van der Waals surface area (Å²) in [6, 6.07) is -0.418. The molecule has 1 atom stereocenters. The van der Waals surface area contributed by atoms with Gasteiger partial charge in [0, 0.05) is 25.8 Å². The van der Waals surface area contributed by atoms with E-state index in [-0.39, 0.29) is 18.2 Å². The maximum absolute atomic E-state index is 11.9. The first-order valence-electron chi connectivity index (χ1n) is 7.57. The van der Waals surface area contributed by atoms with Crippen molar-refractivity contribution >= 4 is 11.8 Å². The SMILES string of the molecule is CCCc1noc(CCC(=O)N[C@@H]2CCCCNC2=O)n1. The molecular formula is C14H22N4O3. The van der Waals surface area contributed by atoms with Crippen LogP contribution in [0.15, 0.2) is 4.52 Å². The molecule has 1 aliphatic heterocycles. The van der Waals surface area contributed by atoms with E-state index in [0.29, 0.717) is 31.1 Å². The molecule has 1 aromatic rings. The van der Waals surface area contributed by atoms with Gasteiger partial charge in [0.15, 0.2) is 5.82 Å². The molecule has 2 N–H and O–H groups in total. The zero-order valence-corrected chi connectivity index (χ0v) is 12.4. The topological polar surface area (TPSA) is 97.1 Å². The lowest BCUT2D eigenvalue weighted by Gasteiger charge is -2.14. The third-order valence-corrected chi connectivity index (χ3v) is 3.42. The Labute approximate surface area is 123 Å². The zero-order chi connectivity index (χ0) is 15.1. The average molecular weight is 294 g/mol. The fourth-order valence-corrected chi connectivity index (χ4v) is 2.28. The molecule has 1 saturated heterocycles. The van der Waals surface area contributed by atoms with Gasteiger partial charge in [0.2, 0.25) is 17.7 Å². The number of aromatic nitrogens is 2. The fraction of sp³-hybridized carbons (Fsp3) is 0.714. The molecule has 7 heteroatoms. The quantitative estimate of drug-likeness (QED) is 0.806. The Morgan fingerprint density at radius 2 is 2.29 bits per heavy atom. The Bertz CT molecular complexity index is 486. The van der Waals surface area contributed by atoms with E-state index in [1.54, 1.807) is 0 Å². The minimum absolute atomic E-state index is 0.0936. The summed E-state index contributed by atoms with van der Waals surface area (Å²) < 4.78 is 5.08. The van der Waals surface area contributed by atoms with E-state index in [1.165, 1.54) is 0 Å². The van der Waals surface area contributed by atoms with Crippen LogP contribution in [0.5, 0.6) is 0 Å². The summed E-state index contributed by atoms with van der Waals surface area (Å²) in [5, 5.41) is 9.41. The highest BCUT2D eigenvalue weighted by atomic mass is 16.5. The lowest BCUT2D eigenvalue weighted by atomic mass is 10.1. The number of hydrogen-bond acceptors (Lipinski definition) is 5. The number of hydrogen-bond donors (Lipinski definition) is 2. The molecule has 0 radical (unpaired) electrons. The predicted molar refractivity (Wildman–Crippen MR) is 75.4 cm³/mol. The molecule has 1 aromatic heterocycles. The van der Waals surface area contributed by atoms with Gasteiger partial charge in [-0.05, 0) is 25.7 Å². The van der Waals surface area contributed by atoms with Gasteiger partial charge in [-0.2, -0.15) is 4.98 Å². The third kappa shape index (κ3) is 4.84. The van der Waals surface area contributed by atoms with Crippen LogP contribution in [0.1, 0.15) is 50.7 Å². The fourth-order valence-electron chi connectivity index (χ4n) is 2.28. The van der Waals surface area contributed by atoms with E-state index in [9.17, 15) is 9.59 Å². The molecule has 0 aliphatic carbocycles. The number of rotatable bonds is 6. The highest BCUT2D eigenvalue weighted by Gasteiger charge is 2.22. The Kier molecular flexibility index (Phi) is 5.71.